The van der Waals surface area contributed by atoms with Gasteiger partial charge in [-0.2, -0.15) is 13.2 Å². The molecule has 4 nitrogen and oxygen atoms in total. The minimum absolute atomic E-state index is 0.250. The van der Waals surface area contributed by atoms with E-state index in [1.165, 1.54) is 35.2 Å². The summed E-state index contributed by atoms with van der Waals surface area (Å²) < 4.78 is 46.3. The van der Waals surface area contributed by atoms with Crippen molar-refractivity contribution < 1.29 is 27.8 Å². The number of hydrogen-bond donors (Lipinski definition) is 3. The Hall–Kier alpha value is -2.97. The summed E-state index contributed by atoms with van der Waals surface area (Å²) in [6, 6.07) is 24.1. The molecule has 0 radical (unpaired) electrons. The van der Waals surface area contributed by atoms with Crippen molar-refractivity contribution in [2.45, 2.75) is 37.8 Å². The molecule has 194 valence electrons. The third kappa shape index (κ3) is 9.59. The second-order valence-corrected chi connectivity index (χ2v) is 8.83. The van der Waals surface area contributed by atoms with E-state index >= 15 is 0 Å². The number of ether oxygens (including phenoxy) is 1. The number of benzene rings is 3. The van der Waals surface area contributed by atoms with E-state index in [0.717, 1.165) is 31.4 Å². The molecule has 0 saturated heterocycles. The van der Waals surface area contributed by atoms with Crippen molar-refractivity contribution in [1.82, 2.24) is 4.72 Å². The highest BCUT2D eigenvalue weighted by atomic mass is 32.1. The Bertz CT molecular complexity index is 1010. The molecule has 8 heteroatoms. The molecule has 4 rings (SSSR count). The summed E-state index contributed by atoms with van der Waals surface area (Å²) in [6.45, 7) is 0.296. The molecule has 0 amide bonds. The summed E-state index contributed by atoms with van der Waals surface area (Å²) in [5.41, 5.74) is 3.15. The summed E-state index contributed by atoms with van der Waals surface area (Å²) in [4.78, 5) is 8.36. The number of thiol groups is 1. The SMILES string of the molecule is CNS.FC(F)(F)c1ccc(OCC2CCCC(c3ccc(-c4ccccc4)cc3)C2)cc1.O=CO. The lowest BCUT2D eigenvalue weighted by Gasteiger charge is -2.29. The van der Waals surface area contributed by atoms with Crippen LogP contribution in [0, 0.1) is 5.92 Å². The highest BCUT2D eigenvalue weighted by molar-refractivity contribution is 7.78. The minimum Gasteiger partial charge on any atom is -0.493 e. The van der Waals surface area contributed by atoms with Gasteiger partial charge in [0.25, 0.3) is 6.47 Å². The van der Waals surface area contributed by atoms with E-state index in [0.29, 0.717) is 24.2 Å². The molecular formula is C28H32F3NO3S. The lowest BCUT2D eigenvalue weighted by Crippen LogP contribution is -2.20. The molecule has 2 N–H and O–H groups in total. The summed E-state index contributed by atoms with van der Waals surface area (Å²) in [6.07, 6.45) is 0.142. The third-order valence-corrected chi connectivity index (χ3v) is 5.94. The number of alkyl halides is 3. The first-order valence-corrected chi connectivity index (χ1v) is 12.1. The van der Waals surface area contributed by atoms with Gasteiger partial charge in [0.1, 0.15) is 5.75 Å². The van der Waals surface area contributed by atoms with Crippen LogP contribution >= 0.6 is 12.8 Å². The van der Waals surface area contributed by atoms with E-state index in [9.17, 15) is 13.2 Å². The van der Waals surface area contributed by atoms with E-state index in [1.54, 1.807) is 7.05 Å². The molecule has 1 saturated carbocycles. The molecule has 0 heterocycles. The Kier molecular flexibility index (Phi) is 12.4. The highest BCUT2D eigenvalue weighted by Crippen LogP contribution is 2.37. The number of rotatable bonds is 5. The van der Waals surface area contributed by atoms with Gasteiger partial charge in [-0.25, -0.2) is 0 Å². The predicted molar refractivity (Wildman–Crippen MR) is 140 cm³/mol. The first-order chi connectivity index (χ1) is 17.3. The average molecular weight is 520 g/mol. The van der Waals surface area contributed by atoms with Crippen LogP contribution in [0.15, 0.2) is 78.9 Å². The molecule has 2 unspecified atom stereocenters. The molecule has 2 atom stereocenters. The number of carboxylic acid groups (broad SMARTS) is 1. The van der Waals surface area contributed by atoms with Crippen LogP contribution < -0.4 is 9.46 Å². The maximum atomic E-state index is 12.7. The van der Waals surface area contributed by atoms with Crippen molar-refractivity contribution in [2.75, 3.05) is 13.7 Å². The number of carbonyl (C=O) groups is 1. The molecule has 0 aliphatic heterocycles. The molecule has 0 aromatic heterocycles. The number of nitrogens with one attached hydrogen (secondary N) is 1. The van der Waals surface area contributed by atoms with Gasteiger partial charge < -0.3 is 9.84 Å². The summed E-state index contributed by atoms with van der Waals surface area (Å²) in [5, 5.41) is 6.89. The third-order valence-electron chi connectivity index (χ3n) is 5.94. The molecule has 0 spiro atoms. The maximum absolute atomic E-state index is 12.7. The smallest absolute Gasteiger partial charge is 0.416 e. The first-order valence-electron chi connectivity index (χ1n) is 11.7. The normalized spacial score (nSPS) is 17.0. The van der Waals surface area contributed by atoms with E-state index in [1.807, 2.05) is 18.2 Å². The van der Waals surface area contributed by atoms with Crippen molar-refractivity contribution in [2.24, 2.45) is 5.92 Å². The van der Waals surface area contributed by atoms with Gasteiger partial charge in [0.15, 0.2) is 0 Å². The molecule has 3 aromatic rings. The summed E-state index contributed by atoms with van der Waals surface area (Å²) in [5.74, 6) is 1.42. The fourth-order valence-corrected chi connectivity index (χ4v) is 4.28. The zero-order valence-corrected chi connectivity index (χ0v) is 21.0. The Morgan fingerprint density at radius 3 is 2.08 bits per heavy atom. The lowest BCUT2D eigenvalue weighted by atomic mass is 9.78. The van der Waals surface area contributed by atoms with E-state index in [2.05, 4.69) is 53.9 Å². The highest BCUT2D eigenvalue weighted by Gasteiger charge is 2.30. The van der Waals surface area contributed by atoms with Crippen LogP contribution in [0.1, 0.15) is 42.7 Å². The zero-order chi connectivity index (χ0) is 26.4. The fourth-order valence-electron chi connectivity index (χ4n) is 4.28. The number of hydrogen-bond acceptors (Lipinski definition) is 4. The second-order valence-electron chi connectivity index (χ2n) is 8.38. The van der Waals surface area contributed by atoms with E-state index in [4.69, 9.17) is 14.6 Å². The van der Waals surface area contributed by atoms with Crippen molar-refractivity contribution in [3.8, 4) is 16.9 Å². The molecule has 36 heavy (non-hydrogen) atoms. The predicted octanol–water partition coefficient (Wildman–Crippen LogP) is 7.48. The van der Waals surface area contributed by atoms with Gasteiger partial charge in [-0.1, -0.05) is 73.8 Å². The largest absolute Gasteiger partial charge is 0.493 e. The monoisotopic (exact) mass is 519 g/mol. The van der Waals surface area contributed by atoms with Crippen LogP contribution in [-0.2, 0) is 11.0 Å². The van der Waals surface area contributed by atoms with Gasteiger partial charge in [-0.3, -0.25) is 9.52 Å². The molecule has 1 fully saturated rings. The van der Waals surface area contributed by atoms with Crippen molar-refractivity contribution in [3.63, 3.8) is 0 Å². The fraction of sp³-hybridized carbons (Fsp3) is 0.321. The van der Waals surface area contributed by atoms with Crippen molar-refractivity contribution in [3.05, 3.63) is 90.0 Å². The van der Waals surface area contributed by atoms with Gasteiger partial charge in [0.05, 0.1) is 12.2 Å². The maximum Gasteiger partial charge on any atom is 0.416 e. The topological polar surface area (TPSA) is 58.6 Å². The van der Waals surface area contributed by atoms with Gasteiger partial charge >= 0.3 is 6.18 Å². The van der Waals surface area contributed by atoms with Crippen LogP contribution in [0.25, 0.3) is 11.1 Å². The van der Waals surface area contributed by atoms with E-state index < -0.39 is 11.7 Å². The minimum atomic E-state index is -4.31. The molecule has 3 aromatic carbocycles. The van der Waals surface area contributed by atoms with Crippen molar-refractivity contribution >= 4 is 19.3 Å². The average Bonchev–Trinajstić information content (AvgIpc) is 2.89. The zero-order valence-electron chi connectivity index (χ0n) is 20.1. The Labute approximate surface area is 216 Å². The first kappa shape index (κ1) is 29.3. The summed E-state index contributed by atoms with van der Waals surface area (Å²) in [7, 11) is 1.74. The molecule has 1 aliphatic rings. The van der Waals surface area contributed by atoms with Crippen LogP contribution in [0.4, 0.5) is 13.2 Å². The molecule has 1 aliphatic carbocycles. The van der Waals surface area contributed by atoms with Crippen LogP contribution in [-0.4, -0.2) is 25.2 Å². The van der Waals surface area contributed by atoms with Gasteiger partial charge in [0, 0.05) is 0 Å². The summed E-state index contributed by atoms with van der Waals surface area (Å²) >= 11 is 3.54. The Morgan fingerprint density at radius 2 is 1.53 bits per heavy atom. The number of halogens is 3. The van der Waals surface area contributed by atoms with Gasteiger partial charge in [-0.15, -0.1) is 0 Å². The second kappa shape index (κ2) is 15.2. The van der Waals surface area contributed by atoms with Gasteiger partial charge in [-0.05, 0) is 79.1 Å². The molecule has 0 bridgehead atoms. The van der Waals surface area contributed by atoms with Crippen LogP contribution in [0.2, 0.25) is 0 Å². The lowest BCUT2D eigenvalue weighted by molar-refractivity contribution is -0.137. The quantitative estimate of drug-likeness (QED) is 0.242. The Balaban J connectivity index is 0.000000693. The van der Waals surface area contributed by atoms with E-state index in [-0.39, 0.29) is 6.47 Å². The van der Waals surface area contributed by atoms with Crippen LogP contribution in [0.3, 0.4) is 0 Å². The molecular weight excluding hydrogens is 487 g/mol. The van der Waals surface area contributed by atoms with Crippen molar-refractivity contribution in [1.29, 1.82) is 0 Å². The standard InChI is InChI=1S/C26H25F3O.CH5NS.CH2O2/c27-26(28,29)24-13-15-25(16-14-24)30-18-19-5-4-8-23(17-19)22-11-9-21(10-12-22)20-6-2-1-3-7-20;1-2-3;2-1-3/h1-3,6-7,9-16,19,23H,4-5,8,17-18H2;2-3H,1H3;1H,(H,2,3). The van der Waals surface area contributed by atoms with Gasteiger partial charge in [0.2, 0.25) is 0 Å². The van der Waals surface area contributed by atoms with Crippen LogP contribution in [0.5, 0.6) is 5.75 Å². The Morgan fingerprint density at radius 1 is 0.972 bits per heavy atom.